The molecule has 0 saturated carbocycles. The van der Waals surface area contributed by atoms with Crippen LogP contribution < -0.4 is 15.8 Å². The van der Waals surface area contributed by atoms with Gasteiger partial charge in [0.05, 0.1) is 17.6 Å². The maximum atomic E-state index is 9.28. The minimum Gasteiger partial charge on any atom is -0.487 e. The molecule has 7 heteroatoms. The lowest BCUT2D eigenvalue weighted by Crippen LogP contribution is -2.09. The van der Waals surface area contributed by atoms with Gasteiger partial charge < -0.3 is 25.5 Å². The van der Waals surface area contributed by atoms with E-state index in [4.69, 9.17) is 15.5 Å². The van der Waals surface area contributed by atoms with Gasteiger partial charge in [-0.3, -0.25) is 4.98 Å². The number of hydrogen-bond donors (Lipinski definition) is 3. The average Bonchev–Trinajstić information content (AvgIpc) is 3.25. The first-order valence-corrected chi connectivity index (χ1v) is 13.3. The molecule has 5 rings (SSSR count). The summed E-state index contributed by atoms with van der Waals surface area (Å²) in [4.78, 5) is 9.39. The number of pyridine rings is 1. The van der Waals surface area contributed by atoms with Gasteiger partial charge in [-0.25, -0.2) is 4.98 Å². The van der Waals surface area contributed by atoms with Crippen LogP contribution in [-0.2, 0) is 26.1 Å². The van der Waals surface area contributed by atoms with E-state index >= 15 is 0 Å². The number of nitrogen functional groups attached to an aromatic ring is 1. The number of nitrogens with one attached hydrogen (secondary N) is 1. The third-order valence-electron chi connectivity index (χ3n) is 6.81. The molecule has 0 fully saturated rings. The number of aryl methyl sites for hydroxylation is 3. The Hall–Kier alpha value is -4.36. The smallest absolute Gasteiger partial charge is 0.201 e. The van der Waals surface area contributed by atoms with Crippen molar-refractivity contribution < 1.29 is 9.84 Å². The molecule has 0 spiro atoms. The number of benzene rings is 3. The molecular weight excluding hydrogens is 486 g/mol. The van der Waals surface area contributed by atoms with Crippen LogP contribution in [0.5, 0.6) is 5.75 Å². The second-order valence-corrected chi connectivity index (χ2v) is 9.89. The van der Waals surface area contributed by atoms with E-state index in [1.807, 2.05) is 60.0 Å². The predicted octanol–water partition coefficient (Wildman–Crippen LogP) is 5.79. The number of nitrogens with two attached hydrogens (primary N) is 1. The van der Waals surface area contributed by atoms with Gasteiger partial charge in [0, 0.05) is 24.5 Å². The van der Waals surface area contributed by atoms with E-state index in [1.54, 1.807) is 0 Å². The van der Waals surface area contributed by atoms with Crippen LogP contribution in [0.1, 0.15) is 40.1 Å². The third-order valence-corrected chi connectivity index (χ3v) is 6.81. The number of rotatable bonds is 11. The molecule has 0 radical (unpaired) electrons. The topological polar surface area (TPSA) is 98.2 Å². The van der Waals surface area contributed by atoms with Crippen LogP contribution >= 0.6 is 0 Å². The molecule has 0 unspecified atom stereocenters. The first-order chi connectivity index (χ1) is 19.0. The Labute approximate surface area is 229 Å². The predicted molar refractivity (Wildman–Crippen MR) is 157 cm³/mol. The lowest BCUT2D eigenvalue weighted by atomic mass is 10.0. The number of nitrogens with zero attached hydrogens (tertiary/aromatic N) is 3. The fraction of sp³-hybridized carbons (Fsp3) is 0.250. The van der Waals surface area contributed by atoms with Crippen molar-refractivity contribution in [3.8, 4) is 5.75 Å². The summed E-state index contributed by atoms with van der Waals surface area (Å²) < 4.78 is 8.17. The Bertz CT molecular complexity index is 1560. The van der Waals surface area contributed by atoms with E-state index in [1.165, 1.54) is 11.1 Å². The maximum absolute atomic E-state index is 9.28. The average molecular weight is 522 g/mol. The SMILES string of the molecule is Cc1ccc(CCCO)c(NCc2ccc3nc(N)n(Cc4nc(C)ccc4OCc4ccccc4)c3c2)c1. The maximum Gasteiger partial charge on any atom is 0.201 e. The molecule has 3 aromatic carbocycles. The van der Waals surface area contributed by atoms with Crippen LogP contribution in [0.4, 0.5) is 11.6 Å². The molecule has 200 valence electrons. The van der Waals surface area contributed by atoms with E-state index in [2.05, 4.69) is 47.6 Å². The first-order valence-electron chi connectivity index (χ1n) is 13.3. The number of aromatic nitrogens is 3. The van der Waals surface area contributed by atoms with Gasteiger partial charge in [0.15, 0.2) is 0 Å². The van der Waals surface area contributed by atoms with Gasteiger partial charge in [-0.2, -0.15) is 0 Å². The minimum absolute atomic E-state index is 0.185. The number of ether oxygens (including phenoxy) is 1. The van der Waals surface area contributed by atoms with Gasteiger partial charge in [0.2, 0.25) is 5.95 Å². The summed E-state index contributed by atoms with van der Waals surface area (Å²) in [5.74, 6) is 1.18. The van der Waals surface area contributed by atoms with E-state index in [0.717, 1.165) is 57.8 Å². The molecule has 0 aliphatic heterocycles. The molecule has 0 atom stereocenters. The van der Waals surface area contributed by atoms with Crippen LogP contribution in [0.3, 0.4) is 0 Å². The zero-order valence-electron chi connectivity index (χ0n) is 22.5. The van der Waals surface area contributed by atoms with Crippen LogP contribution in [0.15, 0.2) is 78.9 Å². The van der Waals surface area contributed by atoms with Gasteiger partial charge in [0.1, 0.15) is 18.1 Å². The van der Waals surface area contributed by atoms with Gasteiger partial charge in [-0.15, -0.1) is 0 Å². The number of anilines is 2. The number of aliphatic hydroxyl groups excluding tert-OH is 1. The molecule has 0 aliphatic rings. The van der Waals surface area contributed by atoms with E-state index in [0.29, 0.717) is 25.6 Å². The number of aliphatic hydroxyl groups is 1. The van der Waals surface area contributed by atoms with Crippen molar-refractivity contribution >= 4 is 22.7 Å². The van der Waals surface area contributed by atoms with Gasteiger partial charge in [-0.1, -0.05) is 48.5 Å². The fourth-order valence-electron chi connectivity index (χ4n) is 4.73. The minimum atomic E-state index is 0.185. The largest absolute Gasteiger partial charge is 0.487 e. The molecule has 7 nitrogen and oxygen atoms in total. The summed E-state index contributed by atoms with van der Waals surface area (Å²) in [7, 11) is 0. The summed E-state index contributed by atoms with van der Waals surface area (Å²) in [6.45, 7) is 5.83. The molecule has 0 aliphatic carbocycles. The molecule has 0 bridgehead atoms. The van der Waals surface area contributed by atoms with Crippen molar-refractivity contribution in [2.24, 2.45) is 0 Å². The standard InChI is InChI=1S/C32H35N5O2/c1-22-10-13-26(9-6-16-38)28(17-22)34-19-25-12-14-27-30(18-25)37(32(33)36-27)20-29-31(15-11-23(2)35-29)39-21-24-7-4-3-5-8-24/h3-5,7-8,10-15,17-18,34,38H,6,9,16,19-21H2,1-2H3,(H2,33,36). The lowest BCUT2D eigenvalue weighted by molar-refractivity contribution is 0.288. The van der Waals surface area contributed by atoms with Crippen molar-refractivity contribution in [1.29, 1.82) is 0 Å². The van der Waals surface area contributed by atoms with Gasteiger partial charge in [0.25, 0.3) is 0 Å². The summed E-state index contributed by atoms with van der Waals surface area (Å²) in [6, 6.07) is 26.7. The Balaban J connectivity index is 1.38. The molecule has 2 heterocycles. The van der Waals surface area contributed by atoms with Crippen molar-refractivity contribution in [2.45, 2.75) is 46.4 Å². The van der Waals surface area contributed by atoms with E-state index < -0.39 is 0 Å². The summed E-state index contributed by atoms with van der Waals surface area (Å²) >= 11 is 0. The molecule has 2 aromatic heterocycles. The summed E-state index contributed by atoms with van der Waals surface area (Å²) in [6.07, 6.45) is 1.58. The Kier molecular flexibility index (Phi) is 8.08. The van der Waals surface area contributed by atoms with Gasteiger partial charge >= 0.3 is 0 Å². The molecular formula is C32H35N5O2. The first kappa shape index (κ1) is 26.3. The molecule has 4 N–H and O–H groups in total. The highest BCUT2D eigenvalue weighted by Crippen LogP contribution is 2.26. The van der Waals surface area contributed by atoms with Gasteiger partial charge in [-0.05, 0) is 79.3 Å². The highest BCUT2D eigenvalue weighted by atomic mass is 16.5. The van der Waals surface area contributed by atoms with Crippen LogP contribution in [0.2, 0.25) is 0 Å². The molecule has 39 heavy (non-hydrogen) atoms. The van der Waals surface area contributed by atoms with Crippen LogP contribution in [0, 0.1) is 13.8 Å². The highest BCUT2D eigenvalue weighted by Gasteiger charge is 2.14. The molecule has 5 aromatic rings. The van der Waals surface area contributed by atoms with E-state index in [-0.39, 0.29) is 6.61 Å². The quantitative estimate of drug-likeness (QED) is 0.203. The van der Waals surface area contributed by atoms with Crippen LogP contribution in [-0.4, -0.2) is 26.2 Å². The molecule has 0 amide bonds. The molecule has 0 saturated heterocycles. The van der Waals surface area contributed by atoms with Crippen molar-refractivity contribution in [3.63, 3.8) is 0 Å². The lowest BCUT2D eigenvalue weighted by Gasteiger charge is -2.14. The Morgan fingerprint density at radius 2 is 1.77 bits per heavy atom. The third kappa shape index (κ3) is 6.38. The Morgan fingerprint density at radius 3 is 2.59 bits per heavy atom. The second-order valence-electron chi connectivity index (χ2n) is 9.89. The normalized spacial score (nSPS) is 11.2. The number of hydrogen-bond acceptors (Lipinski definition) is 6. The van der Waals surface area contributed by atoms with Crippen molar-refractivity contribution in [2.75, 3.05) is 17.7 Å². The van der Waals surface area contributed by atoms with E-state index in [9.17, 15) is 5.11 Å². The highest BCUT2D eigenvalue weighted by molar-refractivity contribution is 5.79. The number of fused-ring (bicyclic) bond motifs is 1. The van der Waals surface area contributed by atoms with Crippen molar-refractivity contribution in [3.05, 3.63) is 113 Å². The monoisotopic (exact) mass is 521 g/mol. The summed E-state index contributed by atoms with van der Waals surface area (Å²) in [5, 5.41) is 12.9. The number of imidazole rings is 1. The van der Waals surface area contributed by atoms with Crippen molar-refractivity contribution in [1.82, 2.24) is 14.5 Å². The zero-order chi connectivity index (χ0) is 27.2. The summed E-state index contributed by atoms with van der Waals surface area (Å²) in [5.41, 5.74) is 15.6. The Morgan fingerprint density at radius 1 is 0.923 bits per heavy atom. The second kappa shape index (κ2) is 12.0. The fourth-order valence-corrected chi connectivity index (χ4v) is 4.73. The van der Waals surface area contributed by atoms with Crippen LogP contribution in [0.25, 0.3) is 11.0 Å². The zero-order valence-corrected chi connectivity index (χ0v) is 22.5.